The zero-order valence-electron chi connectivity index (χ0n) is 10.3. The Kier molecular flexibility index (Phi) is 5.28. The standard InChI is InChI=1S/C12H16ClF3N2/c1-18(2)7-3-6-17-11-5-4-9(8-10(11)13)12(14,15)16/h4-5,8,17H,3,6-7H2,1-2H3. The zero-order valence-corrected chi connectivity index (χ0v) is 11.1. The lowest BCUT2D eigenvalue weighted by Crippen LogP contribution is -2.16. The van der Waals surface area contributed by atoms with Gasteiger partial charge in [-0.05, 0) is 45.3 Å². The van der Waals surface area contributed by atoms with Crippen LogP contribution in [-0.4, -0.2) is 32.1 Å². The number of benzene rings is 1. The summed E-state index contributed by atoms with van der Waals surface area (Å²) in [7, 11) is 3.93. The summed E-state index contributed by atoms with van der Waals surface area (Å²) in [4.78, 5) is 2.04. The van der Waals surface area contributed by atoms with Crippen LogP contribution in [-0.2, 0) is 6.18 Å². The van der Waals surface area contributed by atoms with Gasteiger partial charge in [0.25, 0.3) is 0 Å². The molecule has 1 N–H and O–H groups in total. The van der Waals surface area contributed by atoms with E-state index in [1.165, 1.54) is 6.07 Å². The Hall–Kier alpha value is -0.940. The van der Waals surface area contributed by atoms with Crippen molar-refractivity contribution in [2.24, 2.45) is 0 Å². The van der Waals surface area contributed by atoms with Gasteiger partial charge in [-0.3, -0.25) is 0 Å². The number of hydrogen-bond acceptors (Lipinski definition) is 2. The van der Waals surface area contributed by atoms with Crippen molar-refractivity contribution in [1.82, 2.24) is 4.90 Å². The van der Waals surface area contributed by atoms with Crippen molar-refractivity contribution in [2.75, 3.05) is 32.5 Å². The van der Waals surface area contributed by atoms with E-state index in [1.54, 1.807) is 0 Å². The predicted molar refractivity (Wildman–Crippen MR) is 68.1 cm³/mol. The summed E-state index contributed by atoms with van der Waals surface area (Å²) in [6.07, 6.45) is -3.46. The molecule has 0 spiro atoms. The van der Waals surface area contributed by atoms with Crippen molar-refractivity contribution in [3.8, 4) is 0 Å². The molecule has 0 heterocycles. The molecule has 0 aliphatic heterocycles. The molecule has 0 saturated heterocycles. The van der Waals surface area contributed by atoms with Gasteiger partial charge in [0.2, 0.25) is 0 Å². The molecular formula is C12H16ClF3N2. The monoisotopic (exact) mass is 280 g/mol. The Balaban J connectivity index is 2.58. The third-order valence-corrected chi connectivity index (χ3v) is 2.71. The number of alkyl halides is 3. The van der Waals surface area contributed by atoms with Gasteiger partial charge in [-0.25, -0.2) is 0 Å². The third-order valence-electron chi connectivity index (χ3n) is 2.39. The average molecular weight is 281 g/mol. The Morgan fingerprint density at radius 2 is 1.94 bits per heavy atom. The molecule has 0 atom stereocenters. The highest BCUT2D eigenvalue weighted by molar-refractivity contribution is 6.33. The third kappa shape index (κ3) is 4.74. The topological polar surface area (TPSA) is 15.3 Å². The summed E-state index contributed by atoms with van der Waals surface area (Å²) in [5.74, 6) is 0. The molecule has 0 amide bonds. The summed E-state index contributed by atoms with van der Waals surface area (Å²) in [6.45, 7) is 1.58. The number of nitrogens with zero attached hydrogens (tertiary/aromatic N) is 1. The van der Waals surface area contributed by atoms with E-state index in [2.05, 4.69) is 5.32 Å². The molecule has 0 radical (unpaired) electrons. The van der Waals surface area contributed by atoms with Crippen LogP contribution in [0.4, 0.5) is 18.9 Å². The summed E-state index contributed by atoms with van der Waals surface area (Å²) in [5, 5.41) is 3.11. The fourth-order valence-electron chi connectivity index (χ4n) is 1.45. The first-order valence-corrected chi connectivity index (χ1v) is 5.94. The van der Waals surface area contributed by atoms with E-state index in [0.717, 1.165) is 25.1 Å². The molecule has 0 aliphatic rings. The smallest absolute Gasteiger partial charge is 0.384 e. The number of halogens is 4. The fraction of sp³-hybridized carbons (Fsp3) is 0.500. The van der Waals surface area contributed by atoms with Gasteiger partial charge in [0.05, 0.1) is 16.3 Å². The van der Waals surface area contributed by atoms with Crippen LogP contribution >= 0.6 is 11.6 Å². The van der Waals surface area contributed by atoms with Crippen LogP contribution in [0.2, 0.25) is 5.02 Å². The van der Waals surface area contributed by atoms with Crippen molar-refractivity contribution in [3.63, 3.8) is 0 Å². The number of anilines is 1. The van der Waals surface area contributed by atoms with Gasteiger partial charge in [-0.15, -0.1) is 0 Å². The van der Waals surface area contributed by atoms with E-state index < -0.39 is 11.7 Å². The summed E-state index contributed by atoms with van der Waals surface area (Å²) < 4.78 is 37.2. The summed E-state index contributed by atoms with van der Waals surface area (Å²) in [5.41, 5.74) is -0.199. The van der Waals surface area contributed by atoms with Crippen LogP contribution < -0.4 is 5.32 Å². The van der Waals surface area contributed by atoms with E-state index in [9.17, 15) is 13.2 Å². The van der Waals surface area contributed by atoms with Crippen LogP contribution in [0.25, 0.3) is 0 Å². The van der Waals surface area contributed by atoms with E-state index in [1.807, 2.05) is 19.0 Å². The molecular weight excluding hydrogens is 265 g/mol. The maximum Gasteiger partial charge on any atom is 0.416 e. The molecule has 102 valence electrons. The van der Waals surface area contributed by atoms with Gasteiger partial charge >= 0.3 is 6.18 Å². The lowest BCUT2D eigenvalue weighted by Gasteiger charge is -2.13. The van der Waals surface area contributed by atoms with Crippen molar-refractivity contribution in [1.29, 1.82) is 0 Å². The predicted octanol–water partition coefficient (Wildman–Crippen LogP) is 3.72. The van der Waals surface area contributed by atoms with Crippen molar-refractivity contribution < 1.29 is 13.2 Å². The van der Waals surface area contributed by atoms with Crippen molar-refractivity contribution >= 4 is 17.3 Å². The number of nitrogens with one attached hydrogen (secondary N) is 1. The minimum absolute atomic E-state index is 0.0923. The van der Waals surface area contributed by atoms with Crippen molar-refractivity contribution in [2.45, 2.75) is 12.6 Å². The van der Waals surface area contributed by atoms with Gasteiger partial charge in [0.1, 0.15) is 0 Å². The van der Waals surface area contributed by atoms with Crippen LogP contribution in [0.1, 0.15) is 12.0 Å². The number of hydrogen-bond donors (Lipinski definition) is 1. The second-order valence-corrected chi connectivity index (χ2v) is 4.68. The lowest BCUT2D eigenvalue weighted by molar-refractivity contribution is -0.137. The zero-order chi connectivity index (χ0) is 13.8. The highest BCUT2D eigenvalue weighted by Gasteiger charge is 2.30. The van der Waals surface area contributed by atoms with Gasteiger partial charge in [-0.1, -0.05) is 11.6 Å². The highest BCUT2D eigenvalue weighted by atomic mass is 35.5. The van der Waals surface area contributed by atoms with E-state index >= 15 is 0 Å². The Morgan fingerprint density at radius 3 is 2.44 bits per heavy atom. The first kappa shape index (κ1) is 15.1. The maximum atomic E-state index is 12.4. The van der Waals surface area contributed by atoms with Crippen molar-refractivity contribution in [3.05, 3.63) is 28.8 Å². The minimum Gasteiger partial charge on any atom is -0.384 e. The maximum absolute atomic E-state index is 12.4. The fourth-order valence-corrected chi connectivity index (χ4v) is 1.70. The molecule has 6 heteroatoms. The van der Waals surface area contributed by atoms with E-state index in [4.69, 9.17) is 11.6 Å². The Bertz CT molecular complexity index is 391. The summed E-state index contributed by atoms with van der Waals surface area (Å²) in [6, 6.07) is 3.33. The van der Waals surface area contributed by atoms with Gasteiger partial charge in [0.15, 0.2) is 0 Å². The minimum atomic E-state index is -4.35. The molecule has 0 aliphatic carbocycles. The second kappa shape index (κ2) is 6.29. The highest BCUT2D eigenvalue weighted by Crippen LogP contribution is 2.33. The SMILES string of the molecule is CN(C)CCCNc1ccc(C(F)(F)F)cc1Cl. The molecule has 0 saturated carbocycles. The van der Waals surface area contributed by atoms with Crippen LogP contribution in [0.15, 0.2) is 18.2 Å². The largest absolute Gasteiger partial charge is 0.416 e. The molecule has 0 aromatic heterocycles. The number of rotatable bonds is 5. The first-order chi connectivity index (χ1) is 8.30. The van der Waals surface area contributed by atoms with E-state index in [0.29, 0.717) is 12.2 Å². The Morgan fingerprint density at radius 1 is 1.28 bits per heavy atom. The van der Waals surface area contributed by atoms with Crippen LogP contribution in [0, 0.1) is 0 Å². The quantitative estimate of drug-likeness (QED) is 0.827. The molecule has 2 nitrogen and oxygen atoms in total. The van der Waals surface area contributed by atoms with Gasteiger partial charge in [-0.2, -0.15) is 13.2 Å². The van der Waals surface area contributed by atoms with Crippen LogP contribution in [0.3, 0.4) is 0 Å². The molecule has 0 unspecified atom stereocenters. The molecule has 18 heavy (non-hydrogen) atoms. The van der Waals surface area contributed by atoms with Gasteiger partial charge in [0, 0.05) is 6.54 Å². The Labute approximate surface area is 110 Å². The van der Waals surface area contributed by atoms with Gasteiger partial charge < -0.3 is 10.2 Å². The lowest BCUT2D eigenvalue weighted by atomic mass is 10.2. The van der Waals surface area contributed by atoms with E-state index in [-0.39, 0.29) is 5.02 Å². The molecule has 0 bridgehead atoms. The molecule has 0 fully saturated rings. The molecule has 1 rings (SSSR count). The summed E-state index contributed by atoms with van der Waals surface area (Å²) >= 11 is 5.80. The normalized spacial score (nSPS) is 11.9. The van der Waals surface area contributed by atoms with Crippen LogP contribution in [0.5, 0.6) is 0 Å². The molecule has 1 aromatic carbocycles. The molecule has 1 aromatic rings. The second-order valence-electron chi connectivity index (χ2n) is 4.28. The first-order valence-electron chi connectivity index (χ1n) is 5.56. The average Bonchev–Trinajstić information content (AvgIpc) is 2.24.